The van der Waals surface area contributed by atoms with Gasteiger partial charge < -0.3 is 10.1 Å². The number of methoxy groups -OCH3 is 1. The van der Waals surface area contributed by atoms with Crippen molar-refractivity contribution in [2.45, 2.75) is 6.92 Å². The third kappa shape index (κ3) is 6.92. The number of aromatic nitrogens is 1. The van der Waals surface area contributed by atoms with Crippen LogP contribution in [0.5, 0.6) is 0 Å². The number of carbonyl (C=O) groups is 2. The maximum absolute atomic E-state index is 10.5. The first-order valence-corrected chi connectivity index (χ1v) is 4.88. The number of nitrogens with one attached hydrogen (secondary N) is 1. The number of amides is 1. The summed E-state index contributed by atoms with van der Waals surface area (Å²) in [6.45, 7) is 2.78. The molecule has 0 aliphatic heterocycles. The quantitative estimate of drug-likeness (QED) is 0.647. The molecule has 0 aliphatic carbocycles. The van der Waals surface area contributed by atoms with Crippen LogP contribution in [0.25, 0.3) is 0 Å². The number of hydrogen-bond donors (Lipinski definition) is 1. The largest absolute Gasteiger partial charge is 0.385 e. The minimum absolute atomic E-state index is 0.177. The Hall–Kier alpha value is -1.46. The molecule has 1 heterocycles. The van der Waals surface area contributed by atoms with E-state index in [9.17, 15) is 9.59 Å². The average molecular weight is 245 g/mol. The Morgan fingerprint density at radius 1 is 1.62 bits per heavy atom. The van der Waals surface area contributed by atoms with Crippen molar-refractivity contribution in [2.75, 3.05) is 19.0 Å². The topological polar surface area (TPSA) is 68.3 Å². The molecule has 0 spiro atoms. The van der Waals surface area contributed by atoms with Gasteiger partial charge in [-0.15, -0.1) is 0 Å². The molecule has 1 aromatic rings. The van der Waals surface area contributed by atoms with E-state index in [1.807, 2.05) is 6.92 Å². The van der Waals surface area contributed by atoms with Crippen molar-refractivity contribution in [2.24, 2.45) is 0 Å². The molecule has 0 atom stereocenters. The normalized spacial score (nSPS) is 8.69. The lowest BCUT2D eigenvalue weighted by atomic mass is 10.4. The zero-order valence-corrected chi connectivity index (χ0v) is 9.82. The summed E-state index contributed by atoms with van der Waals surface area (Å²) in [5.41, 5.74) is 0. The molecule has 1 aromatic heterocycles. The number of rotatable bonds is 3. The van der Waals surface area contributed by atoms with Crippen LogP contribution in [0, 0.1) is 0 Å². The van der Waals surface area contributed by atoms with Gasteiger partial charge in [-0.2, -0.15) is 0 Å². The van der Waals surface area contributed by atoms with Crippen molar-refractivity contribution >= 4 is 29.6 Å². The fourth-order valence-corrected chi connectivity index (χ4v) is 0.717. The molecule has 6 heteroatoms. The monoisotopic (exact) mass is 244 g/mol. The van der Waals surface area contributed by atoms with Crippen molar-refractivity contribution < 1.29 is 14.3 Å². The van der Waals surface area contributed by atoms with E-state index >= 15 is 0 Å². The first kappa shape index (κ1) is 14.5. The highest BCUT2D eigenvalue weighted by Crippen LogP contribution is 2.08. The van der Waals surface area contributed by atoms with Gasteiger partial charge in [0.15, 0.2) is 0 Å². The molecule has 0 unspecified atom stereocenters. The number of anilines is 1. The molecular weight excluding hydrogens is 232 g/mol. The Morgan fingerprint density at radius 2 is 2.25 bits per heavy atom. The van der Waals surface area contributed by atoms with Gasteiger partial charge in [-0.25, -0.2) is 4.98 Å². The van der Waals surface area contributed by atoms with Crippen molar-refractivity contribution in [1.29, 1.82) is 0 Å². The predicted octanol–water partition coefficient (Wildman–Crippen LogP) is 1.53. The first-order chi connectivity index (χ1) is 7.63. The van der Waals surface area contributed by atoms with Crippen molar-refractivity contribution in [3.63, 3.8) is 0 Å². The molecule has 88 valence electrons. The van der Waals surface area contributed by atoms with Gasteiger partial charge in [-0.05, 0) is 19.1 Å². The van der Waals surface area contributed by atoms with E-state index in [4.69, 9.17) is 11.6 Å². The van der Waals surface area contributed by atoms with E-state index in [0.717, 1.165) is 6.61 Å². The molecule has 0 saturated heterocycles. The molecule has 1 amide bonds. The minimum atomic E-state index is -0.732. The molecule has 16 heavy (non-hydrogen) atoms. The number of hydrogen-bond acceptors (Lipinski definition) is 4. The maximum Gasteiger partial charge on any atom is 0.289 e. The molecular formula is C10H13ClN2O3. The summed E-state index contributed by atoms with van der Waals surface area (Å²) in [5, 5.41) is 2.71. The molecule has 1 N–H and O–H groups in total. The van der Waals surface area contributed by atoms with Crippen molar-refractivity contribution in [3.8, 4) is 0 Å². The first-order valence-electron chi connectivity index (χ1n) is 4.50. The average Bonchev–Trinajstić information content (AvgIpc) is 2.32. The van der Waals surface area contributed by atoms with E-state index in [-0.39, 0.29) is 6.29 Å². The van der Waals surface area contributed by atoms with Crippen LogP contribution in [0.3, 0.4) is 0 Å². The van der Waals surface area contributed by atoms with Crippen LogP contribution in [0.15, 0.2) is 18.3 Å². The van der Waals surface area contributed by atoms with Gasteiger partial charge in [0.05, 0.1) is 5.02 Å². The summed E-state index contributed by atoms with van der Waals surface area (Å²) < 4.78 is 4.54. The van der Waals surface area contributed by atoms with Gasteiger partial charge in [-0.3, -0.25) is 9.59 Å². The standard InChI is InChI=1S/C7H5ClN2O2.C3H8O/c8-5-1-2-6(9-3-5)10-7(12)4-11;1-3-4-2/h1-4H,(H,9,10,12);3H2,1-2H3. The Labute approximate surface area is 98.8 Å². The van der Waals surface area contributed by atoms with Gasteiger partial charge in [-0.1, -0.05) is 11.6 Å². The lowest BCUT2D eigenvalue weighted by Gasteiger charge is -1.97. The number of nitrogens with zero attached hydrogens (tertiary/aromatic N) is 1. The Kier molecular flexibility index (Phi) is 8.01. The minimum Gasteiger partial charge on any atom is -0.385 e. The third-order valence-corrected chi connectivity index (χ3v) is 1.60. The summed E-state index contributed by atoms with van der Waals surface area (Å²) in [4.78, 5) is 24.2. The molecule has 0 bridgehead atoms. The van der Waals surface area contributed by atoms with E-state index in [0.29, 0.717) is 10.8 Å². The van der Waals surface area contributed by atoms with Crippen LogP contribution >= 0.6 is 11.6 Å². The molecule has 0 aliphatic rings. The fraction of sp³-hybridized carbons (Fsp3) is 0.300. The number of halogens is 1. The van der Waals surface area contributed by atoms with Crippen molar-refractivity contribution in [1.82, 2.24) is 4.98 Å². The predicted molar refractivity (Wildman–Crippen MR) is 61.5 cm³/mol. The van der Waals surface area contributed by atoms with Crippen LogP contribution in [-0.2, 0) is 14.3 Å². The Morgan fingerprint density at radius 3 is 2.62 bits per heavy atom. The van der Waals surface area contributed by atoms with Gasteiger partial charge in [0.2, 0.25) is 6.29 Å². The number of ether oxygens (including phenoxy) is 1. The van der Waals surface area contributed by atoms with Crippen LogP contribution in [0.2, 0.25) is 5.02 Å². The Bertz CT molecular complexity index is 325. The fourth-order valence-electron chi connectivity index (χ4n) is 0.605. The highest BCUT2D eigenvalue weighted by molar-refractivity contribution is 6.31. The number of pyridine rings is 1. The second-order valence-electron chi connectivity index (χ2n) is 2.55. The lowest BCUT2D eigenvalue weighted by molar-refractivity contribution is -0.127. The van der Waals surface area contributed by atoms with Crippen LogP contribution in [0.4, 0.5) is 5.82 Å². The Balaban J connectivity index is 0.000000487. The highest BCUT2D eigenvalue weighted by Gasteiger charge is 1.99. The zero-order valence-electron chi connectivity index (χ0n) is 9.07. The van der Waals surface area contributed by atoms with Crippen LogP contribution in [-0.4, -0.2) is 30.9 Å². The second-order valence-corrected chi connectivity index (χ2v) is 2.98. The summed E-state index contributed by atoms with van der Waals surface area (Å²) in [7, 11) is 1.68. The summed E-state index contributed by atoms with van der Waals surface area (Å²) in [6.07, 6.45) is 1.55. The summed E-state index contributed by atoms with van der Waals surface area (Å²) in [6, 6.07) is 3.07. The van der Waals surface area contributed by atoms with E-state index in [1.54, 1.807) is 13.2 Å². The van der Waals surface area contributed by atoms with Crippen LogP contribution < -0.4 is 5.32 Å². The van der Waals surface area contributed by atoms with E-state index in [1.165, 1.54) is 12.3 Å². The molecule has 1 rings (SSSR count). The van der Waals surface area contributed by atoms with Gasteiger partial charge in [0.25, 0.3) is 5.91 Å². The molecule has 0 aromatic carbocycles. The number of carbonyl (C=O) groups excluding carboxylic acids is 2. The maximum atomic E-state index is 10.5. The zero-order chi connectivity index (χ0) is 12.4. The molecule has 0 radical (unpaired) electrons. The summed E-state index contributed by atoms with van der Waals surface area (Å²) in [5.74, 6) is -0.429. The van der Waals surface area contributed by atoms with Crippen LogP contribution in [0.1, 0.15) is 6.92 Å². The molecule has 0 saturated carbocycles. The smallest absolute Gasteiger partial charge is 0.289 e. The highest BCUT2D eigenvalue weighted by atomic mass is 35.5. The summed E-state index contributed by atoms with van der Waals surface area (Å²) >= 11 is 5.54. The number of aldehydes is 1. The molecule has 5 nitrogen and oxygen atoms in total. The molecule has 0 fully saturated rings. The van der Waals surface area contributed by atoms with E-state index in [2.05, 4.69) is 15.0 Å². The second kappa shape index (κ2) is 8.82. The van der Waals surface area contributed by atoms with Crippen molar-refractivity contribution in [3.05, 3.63) is 23.4 Å². The van der Waals surface area contributed by atoms with Gasteiger partial charge >= 0.3 is 0 Å². The lowest BCUT2D eigenvalue weighted by Crippen LogP contribution is -2.12. The third-order valence-electron chi connectivity index (χ3n) is 1.37. The van der Waals surface area contributed by atoms with E-state index < -0.39 is 5.91 Å². The van der Waals surface area contributed by atoms with Gasteiger partial charge in [0, 0.05) is 19.9 Å². The van der Waals surface area contributed by atoms with Gasteiger partial charge in [0.1, 0.15) is 5.82 Å². The SMILES string of the molecule is CCOC.O=CC(=O)Nc1ccc(Cl)cn1.